The molecule has 0 aromatic carbocycles. The van der Waals surface area contributed by atoms with E-state index in [2.05, 4.69) is 20.8 Å². The number of carbonyl (C=O) groups excluding carboxylic acids is 1. The SMILES string of the molecule is CCCCCCC(CCCCCC)(CCCCCC)COC(N)=O. The van der Waals surface area contributed by atoms with Gasteiger partial charge in [-0.3, -0.25) is 0 Å². The monoisotopic (exact) mass is 341 g/mol. The molecule has 0 unspecified atom stereocenters. The molecule has 0 heterocycles. The highest BCUT2D eigenvalue weighted by Crippen LogP contribution is 2.38. The molecule has 0 aliphatic rings. The van der Waals surface area contributed by atoms with Crippen LogP contribution < -0.4 is 5.73 Å². The number of hydrogen-bond donors (Lipinski definition) is 1. The van der Waals surface area contributed by atoms with Crippen LogP contribution in [0.1, 0.15) is 117 Å². The summed E-state index contributed by atoms with van der Waals surface area (Å²) in [5, 5.41) is 0. The van der Waals surface area contributed by atoms with Crippen LogP contribution in [-0.4, -0.2) is 12.7 Å². The molecular formula is C21H43NO2. The summed E-state index contributed by atoms with van der Waals surface area (Å²) in [6.07, 6.45) is 18.2. The van der Waals surface area contributed by atoms with Crippen molar-refractivity contribution in [3.63, 3.8) is 0 Å². The van der Waals surface area contributed by atoms with Gasteiger partial charge in [0.1, 0.15) is 0 Å². The molecule has 0 radical (unpaired) electrons. The van der Waals surface area contributed by atoms with E-state index in [1.807, 2.05) is 0 Å². The van der Waals surface area contributed by atoms with Crippen molar-refractivity contribution < 1.29 is 9.53 Å². The number of ether oxygens (including phenoxy) is 1. The Bertz CT molecular complexity index is 260. The fraction of sp³-hybridized carbons (Fsp3) is 0.952. The van der Waals surface area contributed by atoms with Crippen molar-refractivity contribution in [1.29, 1.82) is 0 Å². The van der Waals surface area contributed by atoms with Crippen molar-refractivity contribution in [1.82, 2.24) is 0 Å². The van der Waals surface area contributed by atoms with Crippen molar-refractivity contribution in [3.05, 3.63) is 0 Å². The number of carbonyl (C=O) groups is 1. The van der Waals surface area contributed by atoms with Crippen LogP contribution in [-0.2, 0) is 4.74 Å². The fourth-order valence-corrected chi connectivity index (χ4v) is 3.60. The molecule has 0 saturated heterocycles. The summed E-state index contributed by atoms with van der Waals surface area (Å²) in [5.74, 6) is 0. The highest BCUT2D eigenvalue weighted by molar-refractivity contribution is 5.64. The van der Waals surface area contributed by atoms with Crippen molar-refractivity contribution in [3.8, 4) is 0 Å². The molecule has 3 heteroatoms. The number of hydrogen-bond acceptors (Lipinski definition) is 2. The van der Waals surface area contributed by atoms with E-state index in [0.717, 1.165) is 0 Å². The largest absolute Gasteiger partial charge is 0.449 e. The molecule has 1 amide bonds. The van der Waals surface area contributed by atoms with Crippen LogP contribution in [0.3, 0.4) is 0 Å². The molecular weight excluding hydrogens is 298 g/mol. The lowest BCUT2D eigenvalue weighted by Crippen LogP contribution is -2.30. The van der Waals surface area contributed by atoms with Gasteiger partial charge in [-0.1, -0.05) is 97.8 Å². The van der Waals surface area contributed by atoms with Crippen molar-refractivity contribution in [2.24, 2.45) is 11.1 Å². The van der Waals surface area contributed by atoms with Gasteiger partial charge in [0, 0.05) is 5.41 Å². The average molecular weight is 342 g/mol. The summed E-state index contributed by atoms with van der Waals surface area (Å²) in [7, 11) is 0. The van der Waals surface area contributed by atoms with Gasteiger partial charge in [0.15, 0.2) is 0 Å². The highest BCUT2D eigenvalue weighted by Gasteiger charge is 2.30. The summed E-state index contributed by atoms with van der Waals surface area (Å²) in [5.41, 5.74) is 5.42. The lowest BCUT2D eigenvalue weighted by molar-refractivity contribution is 0.0626. The van der Waals surface area contributed by atoms with E-state index >= 15 is 0 Å². The molecule has 0 atom stereocenters. The third-order valence-electron chi connectivity index (χ3n) is 5.20. The normalized spacial score (nSPS) is 11.6. The fourth-order valence-electron chi connectivity index (χ4n) is 3.60. The van der Waals surface area contributed by atoms with Gasteiger partial charge in [-0.05, 0) is 19.3 Å². The highest BCUT2D eigenvalue weighted by atomic mass is 16.5. The van der Waals surface area contributed by atoms with Crippen molar-refractivity contribution in [2.45, 2.75) is 117 Å². The maximum atomic E-state index is 11.2. The predicted molar refractivity (Wildman–Crippen MR) is 104 cm³/mol. The van der Waals surface area contributed by atoms with Gasteiger partial charge in [0.2, 0.25) is 0 Å². The first kappa shape index (κ1) is 23.3. The zero-order chi connectivity index (χ0) is 18.1. The quantitative estimate of drug-likeness (QED) is 0.290. The Morgan fingerprint density at radius 1 is 0.708 bits per heavy atom. The molecule has 2 N–H and O–H groups in total. The standard InChI is InChI=1S/C21H43NO2/c1-4-7-10-13-16-21(19-24-20(22)23,17-14-11-8-5-2)18-15-12-9-6-3/h4-19H2,1-3H3,(H2,22,23). The Labute approximate surface area is 151 Å². The average Bonchev–Trinajstić information content (AvgIpc) is 2.57. The maximum Gasteiger partial charge on any atom is 0.404 e. The number of unbranched alkanes of at least 4 members (excludes halogenated alkanes) is 9. The van der Waals surface area contributed by atoms with Crippen LogP contribution in [0, 0.1) is 5.41 Å². The summed E-state index contributed by atoms with van der Waals surface area (Å²) >= 11 is 0. The van der Waals surface area contributed by atoms with Crippen LogP contribution in [0.25, 0.3) is 0 Å². The van der Waals surface area contributed by atoms with Gasteiger partial charge in [0.05, 0.1) is 6.61 Å². The second-order valence-electron chi connectivity index (χ2n) is 7.54. The molecule has 0 fully saturated rings. The van der Waals surface area contributed by atoms with Crippen molar-refractivity contribution >= 4 is 6.09 Å². The van der Waals surface area contributed by atoms with E-state index in [0.29, 0.717) is 6.61 Å². The third-order valence-corrected chi connectivity index (χ3v) is 5.20. The number of nitrogens with two attached hydrogens (primary N) is 1. The van der Waals surface area contributed by atoms with E-state index in [-0.39, 0.29) is 5.41 Å². The molecule has 0 aliphatic carbocycles. The molecule has 0 saturated carbocycles. The van der Waals surface area contributed by atoms with Crippen LogP contribution in [0.15, 0.2) is 0 Å². The van der Waals surface area contributed by atoms with E-state index in [4.69, 9.17) is 10.5 Å². The molecule has 24 heavy (non-hydrogen) atoms. The molecule has 0 rings (SSSR count). The Kier molecular flexibility index (Phi) is 15.3. The minimum absolute atomic E-state index is 0.157. The van der Waals surface area contributed by atoms with E-state index < -0.39 is 6.09 Å². The van der Waals surface area contributed by atoms with Gasteiger partial charge >= 0.3 is 6.09 Å². The number of primary amides is 1. The molecule has 0 spiro atoms. The van der Waals surface area contributed by atoms with Crippen LogP contribution >= 0.6 is 0 Å². The first-order chi connectivity index (χ1) is 11.6. The summed E-state index contributed by atoms with van der Waals surface area (Å²) in [4.78, 5) is 11.2. The van der Waals surface area contributed by atoms with Crippen molar-refractivity contribution in [2.75, 3.05) is 6.61 Å². The minimum Gasteiger partial charge on any atom is -0.449 e. The summed E-state index contributed by atoms with van der Waals surface area (Å²) in [6, 6.07) is 0. The molecule has 3 nitrogen and oxygen atoms in total. The Balaban J connectivity index is 4.67. The summed E-state index contributed by atoms with van der Waals surface area (Å²) < 4.78 is 5.32. The lowest BCUT2D eigenvalue weighted by atomic mass is 9.74. The van der Waals surface area contributed by atoms with Gasteiger partial charge < -0.3 is 10.5 Å². The zero-order valence-corrected chi connectivity index (χ0v) is 16.7. The molecule has 0 aliphatic heterocycles. The number of rotatable bonds is 17. The molecule has 0 bridgehead atoms. The predicted octanol–water partition coefficient (Wildman–Crippen LogP) is 6.98. The Morgan fingerprint density at radius 3 is 1.38 bits per heavy atom. The zero-order valence-electron chi connectivity index (χ0n) is 16.7. The van der Waals surface area contributed by atoms with E-state index in [1.54, 1.807) is 0 Å². The lowest BCUT2D eigenvalue weighted by Gasteiger charge is -2.34. The van der Waals surface area contributed by atoms with Gasteiger partial charge in [-0.15, -0.1) is 0 Å². The summed E-state index contributed by atoms with van der Waals surface area (Å²) in [6.45, 7) is 7.27. The van der Waals surface area contributed by atoms with Gasteiger partial charge in [0.25, 0.3) is 0 Å². The topological polar surface area (TPSA) is 52.3 Å². The first-order valence-corrected chi connectivity index (χ1v) is 10.5. The van der Waals surface area contributed by atoms with Crippen LogP contribution in [0.5, 0.6) is 0 Å². The molecule has 0 aromatic rings. The molecule has 0 aromatic heterocycles. The van der Waals surface area contributed by atoms with Crippen LogP contribution in [0.2, 0.25) is 0 Å². The maximum absolute atomic E-state index is 11.2. The third kappa shape index (κ3) is 12.7. The van der Waals surface area contributed by atoms with Gasteiger partial charge in [-0.2, -0.15) is 0 Å². The Morgan fingerprint density at radius 2 is 1.08 bits per heavy atom. The number of amides is 1. The van der Waals surface area contributed by atoms with E-state index in [9.17, 15) is 4.79 Å². The minimum atomic E-state index is -0.616. The smallest absolute Gasteiger partial charge is 0.404 e. The first-order valence-electron chi connectivity index (χ1n) is 10.5. The van der Waals surface area contributed by atoms with Crippen LogP contribution in [0.4, 0.5) is 4.79 Å². The second kappa shape index (κ2) is 15.8. The van der Waals surface area contributed by atoms with E-state index in [1.165, 1.54) is 96.3 Å². The van der Waals surface area contributed by atoms with Gasteiger partial charge in [-0.25, -0.2) is 4.79 Å². The Hall–Kier alpha value is -0.730. The second-order valence-corrected chi connectivity index (χ2v) is 7.54. The molecule has 144 valence electrons.